The summed E-state index contributed by atoms with van der Waals surface area (Å²) in [6.07, 6.45) is 5.96. The maximum absolute atomic E-state index is 5.80. The number of rotatable bonds is 6. The Balaban J connectivity index is 0.00000180. The van der Waals surface area contributed by atoms with Gasteiger partial charge >= 0.3 is 0 Å². The number of ether oxygens (including phenoxy) is 1. The molecule has 1 aromatic carbocycles. The van der Waals surface area contributed by atoms with Crippen LogP contribution in [0.4, 0.5) is 0 Å². The van der Waals surface area contributed by atoms with E-state index in [-0.39, 0.29) is 12.4 Å². The number of nitrogens with zero attached hydrogens (tertiary/aromatic N) is 2. The Morgan fingerprint density at radius 1 is 1.21 bits per heavy atom. The first kappa shape index (κ1) is 15.9. The summed E-state index contributed by atoms with van der Waals surface area (Å²) in [5.74, 6) is 1.94. The molecule has 0 spiro atoms. The minimum Gasteiger partial charge on any atom is -0.494 e. The molecule has 1 heterocycles. The zero-order chi connectivity index (χ0) is 12.8. The van der Waals surface area contributed by atoms with Gasteiger partial charge in [0, 0.05) is 24.0 Å². The highest BCUT2D eigenvalue weighted by molar-refractivity contribution is 6.30. The molecule has 19 heavy (non-hydrogen) atoms. The number of aromatic nitrogens is 2. The second-order valence-corrected chi connectivity index (χ2v) is 4.61. The lowest BCUT2D eigenvalue weighted by atomic mass is 10.3. The van der Waals surface area contributed by atoms with Crippen molar-refractivity contribution in [3.8, 4) is 5.75 Å². The van der Waals surface area contributed by atoms with E-state index in [9.17, 15) is 0 Å². The number of hydrogen-bond acceptors (Lipinski definition) is 2. The molecule has 0 aliphatic carbocycles. The van der Waals surface area contributed by atoms with E-state index in [4.69, 9.17) is 16.3 Å². The van der Waals surface area contributed by atoms with Gasteiger partial charge in [-0.25, -0.2) is 4.98 Å². The largest absolute Gasteiger partial charge is 0.494 e. The Morgan fingerprint density at radius 2 is 1.95 bits per heavy atom. The van der Waals surface area contributed by atoms with Crippen LogP contribution in [0.25, 0.3) is 0 Å². The third kappa shape index (κ3) is 5.13. The predicted octanol–water partition coefficient (Wildman–Crippen LogP) is 4.13. The summed E-state index contributed by atoms with van der Waals surface area (Å²) in [7, 11) is 0. The summed E-state index contributed by atoms with van der Waals surface area (Å²) in [6.45, 7) is 3.75. The molecule has 0 bridgehead atoms. The molecule has 0 unspecified atom stereocenters. The van der Waals surface area contributed by atoms with Gasteiger partial charge in [-0.3, -0.25) is 0 Å². The third-order valence-electron chi connectivity index (χ3n) is 2.80. The molecule has 5 heteroatoms. The van der Waals surface area contributed by atoms with Gasteiger partial charge in [0.15, 0.2) is 0 Å². The Bertz CT molecular complexity index is 482. The fraction of sp³-hybridized carbons (Fsp3) is 0.357. The molecule has 0 amide bonds. The SMILES string of the molecule is Cc1nccn1CCCCOc1ccc(Cl)cc1.Cl. The van der Waals surface area contributed by atoms with Gasteiger partial charge in [-0.2, -0.15) is 0 Å². The van der Waals surface area contributed by atoms with Crippen molar-refractivity contribution in [2.75, 3.05) is 6.61 Å². The molecule has 104 valence electrons. The number of halogens is 2. The van der Waals surface area contributed by atoms with E-state index in [0.717, 1.165) is 42.6 Å². The molecule has 0 aliphatic rings. The highest BCUT2D eigenvalue weighted by Gasteiger charge is 1.97. The average molecular weight is 301 g/mol. The smallest absolute Gasteiger partial charge is 0.119 e. The molecule has 0 atom stereocenters. The Morgan fingerprint density at radius 3 is 2.58 bits per heavy atom. The summed E-state index contributed by atoms with van der Waals surface area (Å²) in [4.78, 5) is 4.19. The van der Waals surface area contributed by atoms with Gasteiger partial charge in [-0.05, 0) is 44.0 Å². The quantitative estimate of drug-likeness (QED) is 0.750. The highest BCUT2D eigenvalue weighted by Crippen LogP contribution is 2.15. The van der Waals surface area contributed by atoms with Crippen LogP contribution in [0.1, 0.15) is 18.7 Å². The van der Waals surface area contributed by atoms with Gasteiger partial charge in [0.05, 0.1) is 6.61 Å². The lowest BCUT2D eigenvalue weighted by molar-refractivity contribution is 0.303. The van der Waals surface area contributed by atoms with Crippen molar-refractivity contribution in [2.24, 2.45) is 0 Å². The molecule has 0 radical (unpaired) electrons. The van der Waals surface area contributed by atoms with Gasteiger partial charge in [0.25, 0.3) is 0 Å². The molecule has 2 rings (SSSR count). The van der Waals surface area contributed by atoms with Gasteiger partial charge in [-0.1, -0.05) is 11.6 Å². The van der Waals surface area contributed by atoms with Crippen LogP contribution in [0.5, 0.6) is 5.75 Å². The van der Waals surface area contributed by atoms with Crippen LogP contribution in [0, 0.1) is 6.92 Å². The van der Waals surface area contributed by atoms with Crippen LogP contribution in [0.15, 0.2) is 36.7 Å². The number of benzene rings is 1. The van der Waals surface area contributed by atoms with E-state index >= 15 is 0 Å². The van der Waals surface area contributed by atoms with Gasteiger partial charge in [0.2, 0.25) is 0 Å². The van der Waals surface area contributed by atoms with E-state index in [1.165, 1.54) is 0 Å². The molecule has 1 aromatic heterocycles. The molecular weight excluding hydrogens is 283 g/mol. The predicted molar refractivity (Wildman–Crippen MR) is 80.4 cm³/mol. The summed E-state index contributed by atoms with van der Waals surface area (Å²) >= 11 is 5.80. The van der Waals surface area contributed by atoms with Crippen LogP contribution in [0.3, 0.4) is 0 Å². The normalized spacial score (nSPS) is 10.0. The van der Waals surface area contributed by atoms with E-state index in [2.05, 4.69) is 9.55 Å². The summed E-state index contributed by atoms with van der Waals surface area (Å²) in [6, 6.07) is 7.46. The van der Waals surface area contributed by atoms with Crippen molar-refractivity contribution in [1.82, 2.24) is 9.55 Å². The first-order valence-electron chi connectivity index (χ1n) is 6.12. The van der Waals surface area contributed by atoms with Crippen LogP contribution in [-0.4, -0.2) is 16.2 Å². The Hall–Kier alpha value is -1.19. The van der Waals surface area contributed by atoms with E-state index in [0.29, 0.717) is 0 Å². The average Bonchev–Trinajstić information content (AvgIpc) is 2.77. The van der Waals surface area contributed by atoms with Gasteiger partial charge < -0.3 is 9.30 Å². The lowest BCUT2D eigenvalue weighted by Crippen LogP contribution is -2.03. The van der Waals surface area contributed by atoms with Gasteiger partial charge in [0.1, 0.15) is 11.6 Å². The van der Waals surface area contributed by atoms with Crippen LogP contribution in [-0.2, 0) is 6.54 Å². The first-order valence-corrected chi connectivity index (χ1v) is 6.49. The maximum atomic E-state index is 5.80. The Kier molecular flexibility index (Phi) is 6.74. The topological polar surface area (TPSA) is 27.1 Å². The van der Waals surface area contributed by atoms with Crippen molar-refractivity contribution in [2.45, 2.75) is 26.3 Å². The summed E-state index contributed by atoms with van der Waals surface area (Å²) in [5, 5.41) is 0.734. The van der Waals surface area contributed by atoms with Crippen molar-refractivity contribution < 1.29 is 4.74 Å². The molecule has 2 aromatic rings. The minimum absolute atomic E-state index is 0. The molecule has 0 fully saturated rings. The molecule has 0 saturated heterocycles. The number of hydrogen-bond donors (Lipinski definition) is 0. The zero-order valence-electron chi connectivity index (χ0n) is 10.9. The number of aryl methyl sites for hydroxylation is 2. The van der Waals surface area contributed by atoms with Crippen molar-refractivity contribution in [1.29, 1.82) is 0 Å². The van der Waals surface area contributed by atoms with Gasteiger partial charge in [-0.15, -0.1) is 12.4 Å². The van der Waals surface area contributed by atoms with Crippen molar-refractivity contribution in [3.63, 3.8) is 0 Å². The zero-order valence-corrected chi connectivity index (χ0v) is 12.5. The lowest BCUT2D eigenvalue weighted by Gasteiger charge is -2.07. The van der Waals surface area contributed by atoms with E-state index in [1.807, 2.05) is 43.6 Å². The first-order chi connectivity index (χ1) is 8.75. The Labute approximate surface area is 125 Å². The molecule has 0 saturated carbocycles. The van der Waals surface area contributed by atoms with Crippen LogP contribution < -0.4 is 4.74 Å². The van der Waals surface area contributed by atoms with Crippen molar-refractivity contribution in [3.05, 3.63) is 47.5 Å². The van der Waals surface area contributed by atoms with Crippen LogP contribution >= 0.6 is 24.0 Å². The summed E-state index contributed by atoms with van der Waals surface area (Å²) in [5.41, 5.74) is 0. The molecule has 0 N–H and O–H groups in total. The van der Waals surface area contributed by atoms with E-state index < -0.39 is 0 Å². The molecular formula is C14H18Cl2N2O. The molecule has 3 nitrogen and oxygen atoms in total. The maximum Gasteiger partial charge on any atom is 0.119 e. The number of imidazole rings is 1. The highest BCUT2D eigenvalue weighted by atomic mass is 35.5. The standard InChI is InChI=1S/C14H17ClN2O.ClH/c1-12-16-8-10-17(12)9-2-3-11-18-14-6-4-13(15)5-7-14;/h4-8,10H,2-3,9,11H2,1H3;1H. The second-order valence-electron chi connectivity index (χ2n) is 4.18. The fourth-order valence-corrected chi connectivity index (χ4v) is 1.87. The van der Waals surface area contributed by atoms with Crippen molar-refractivity contribution >= 4 is 24.0 Å². The van der Waals surface area contributed by atoms with E-state index in [1.54, 1.807) is 0 Å². The third-order valence-corrected chi connectivity index (χ3v) is 3.05. The van der Waals surface area contributed by atoms with Crippen LogP contribution in [0.2, 0.25) is 5.02 Å². The fourth-order valence-electron chi connectivity index (χ4n) is 1.75. The minimum atomic E-state index is 0. The monoisotopic (exact) mass is 300 g/mol. The number of unbranched alkanes of at least 4 members (excludes halogenated alkanes) is 1. The molecule has 0 aliphatic heterocycles. The summed E-state index contributed by atoms with van der Waals surface area (Å²) < 4.78 is 7.78. The second kappa shape index (κ2) is 8.08.